The Morgan fingerprint density at radius 1 is 1.53 bits per heavy atom. The Morgan fingerprint density at radius 3 is 2.88 bits per heavy atom. The SMILES string of the molecule is Cc1cc(Oc2ccc(/C(N)=N/O)nc2)n[nH]1. The third-order valence-electron chi connectivity index (χ3n) is 2.01. The standard InChI is InChI=1S/C10H11N5O2/c1-6-4-9(14-13-6)17-7-2-3-8(12-5-7)10(11)15-16/h2-5,16H,1H3,(H2,11,15)(H,13,14). The molecule has 0 atom stereocenters. The van der Waals surface area contributed by atoms with Gasteiger partial charge in [0.25, 0.3) is 0 Å². The monoisotopic (exact) mass is 233 g/mol. The molecule has 0 fully saturated rings. The van der Waals surface area contributed by atoms with Crippen molar-refractivity contribution < 1.29 is 9.94 Å². The van der Waals surface area contributed by atoms with E-state index in [9.17, 15) is 0 Å². The lowest BCUT2D eigenvalue weighted by atomic mass is 10.3. The number of aromatic nitrogens is 3. The number of nitrogens with one attached hydrogen (secondary N) is 1. The van der Waals surface area contributed by atoms with Gasteiger partial charge in [-0.05, 0) is 19.1 Å². The number of nitrogens with zero attached hydrogens (tertiary/aromatic N) is 3. The Balaban J connectivity index is 2.13. The molecule has 0 spiro atoms. The van der Waals surface area contributed by atoms with Crippen molar-refractivity contribution in [3.05, 3.63) is 35.8 Å². The highest BCUT2D eigenvalue weighted by molar-refractivity contribution is 5.95. The van der Waals surface area contributed by atoms with Crippen molar-refractivity contribution in [2.45, 2.75) is 6.92 Å². The summed E-state index contributed by atoms with van der Waals surface area (Å²) in [5.74, 6) is 0.930. The van der Waals surface area contributed by atoms with E-state index in [0.717, 1.165) is 5.69 Å². The summed E-state index contributed by atoms with van der Waals surface area (Å²) in [6.45, 7) is 1.87. The molecule has 88 valence electrons. The van der Waals surface area contributed by atoms with Gasteiger partial charge in [-0.2, -0.15) is 0 Å². The van der Waals surface area contributed by atoms with Crippen LogP contribution in [0.25, 0.3) is 0 Å². The first kappa shape index (κ1) is 10.9. The molecule has 0 aromatic carbocycles. The van der Waals surface area contributed by atoms with E-state index in [1.54, 1.807) is 18.2 Å². The topological polar surface area (TPSA) is 109 Å². The fraction of sp³-hybridized carbons (Fsp3) is 0.100. The molecule has 4 N–H and O–H groups in total. The van der Waals surface area contributed by atoms with Crippen molar-refractivity contribution in [1.82, 2.24) is 15.2 Å². The van der Waals surface area contributed by atoms with E-state index in [-0.39, 0.29) is 5.84 Å². The van der Waals surface area contributed by atoms with Gasteiger partial charge in [0.15, 0.2) is 5.84 Å². The van der Waals surface area contributed by atoms with Crippen LogP contribution >= 0.6 is 0 Å². The highest BCUT2D eigenvalue weighted by Crippen LogP contribution is 2.18. The fourth-order valence-corrected chi connectivity index (χ4v) is 1.21. The van der Waals surface area contributed by atoms with Gasteiger partial charge < -0.3 is 15.7 Å². The first-order valence-electron chi connectivity index (χ1n) is 4.83. The number of aromatic amines is 1. The van der Waals surface area contributed by atoms with E-state index < -0.39 is 0 Å². The molecule has 0 radical (unpaired) electrons. The first-order chi connectivity index (χ1) is 8.19. The Morgan fingerprint density at radius 2 is 2.35 bits per heavy atom. The molecule has 0 aliphatic carbocycles. The predicted molar refractivity (Wildman–Crippen MR) is 60.1 cm³/mol. The molecule has 0 aliphatic heterocycles. The lowest BCUT2D eigenvalue weighted by Crippen LogP contribution is -2.14. The highest BCUT2D eigenvalue weighted by atomic mass is 16.5. The summed E-state index contributed by atoms with van der Waals surface area (Å²) in [4.78, 5) is 3.97. The number of hydrogen-bond donors (Lipinski definition) is 3. The zero-order chi connectivity index (χ0) is 12.3. The maximum absolute atomic E-state index is 8.47. The zero-order valence-corrected chi connectivity index (χ0v) is 9.08. The van der Waals surface area contributed by atoms with E-state index in [0.29, 0.717) is 17.3 Å². The molecule has 7 heteroatoms. The summed E-state index contributed by atoms with van der Waals surface area (Å²) in [5.41, 5.74) is 6.66. The van der Waals surface area contributed by atoms with Crippen LogP contribution in [-0.2, 0) is 0 Å². The summed E-state index contributed by atoms with van der Waals surface area (Å²) < 4.78 is 5.42. The van der Waals surface area contributed by atoms with Gasteiger partial charge in [0.1, 0.15) is 11.4 Å². The minimum atomic E-state index is -0.0489. The van der Waals surface area contributed by atoms with E-state index in [1.807, 2.05) is 6.92 Å². The summed E-state index contributed by atoms with van der Waals surface area (Å²) in [5, 5.41) is 18.0. The Bertz CT molecular complexity index is 532. The number of rotatable bonds is 3. The number of oxime groups is 1. The van der Waals surface area contributed by atoms with Crippen molar-refractivity contribution >= 4 is 5.84 Å². The van der Waals surface area contributed by atoms with Crippen LogP contribution in [0, 0.1) is 6.92 Å². The molecule has 0 aliphatic rings. The van der Waals surface area contributed by atoms with Crippen molar-refractivity contribution in [2.75, 3.05) is 0 Å². The average molecular weight is 233 g/mol. The zero-order valence-electron chi connectivity index (χ0n) is 9.08. The molecule has 0 bridgehead atoms. The number of ether oxygens (including phenoxy) is 1. The van der Waals surface area contributed by atoms with Crippen molar-refractivity contribution in [3.63, 3.8) is 0 Å². The van der Waals surface area contributed by atoms with Crippen LogP contribution in [0.2, 0.25) is 0 Å². The molecule has 0 saturated carbocycles. The van der Waals surface area contributed by atoms with Gasteiger partial charge in [-0.1, -0.05) is 5.16 Å². The van der Waals surface area contributed by atoms with Crippen molar-refractivity contribution in [3.8, 4) is 11.6 Å². The number of hydrogen-bond acceptors (Lipinski definition) is 5. The second-order valence-electron chi connectivity index (χ2n) is 3.36. The lowest BCUT2D eigenvalue weighted by molar-refractivity contribution is 0.318. The summed E-state index contributed by atoms with van der Waals surface area (Å²) in [7, 11) is 0. The van der Waals surface area contributed by atoms with Gasteiger partial charge in [-0.25, -0.2) is 4.98 Å². The third kappa shape index (κ3) is 2.51. The molecule has 0 amide bonds. The number of aryl methyl sites for hydroxylation is 1. The maximum Gasteiger partial charge on any atom is 0.238 e. The van der Waals surface area contributed by atoms with Crippen LogP contribution in [0.3, 0.4) is 0 Å². The second kappa shape index (κ2) is 4.52. The van der Waals surface area contributed by atoms with Gasteiger partial charge in [0.05, 0.1) is 6.20 Å². The molecular formula is C10H11N5O2. The Labute approximate surface area is 96.9 Å². The minimum Gasteiger partial charge on any atom is -0.436 e. The number of pyridine rings is 1. The van der Waals surface area contributed by atoms with Gasteiger partial charge in [0.2, 0.25) is 5.88 Å². The fourth-order valence-electron chi connectivity index (χ4n) is 1.21. The molecule has 2 rings (SSSR count). The molecule has 2 aromatic rings. The minimum absolute atomic E-state index is 0.0489. The number of amidine groups is 1. The molecule has 0 unspecified atom stereocenters. The molecule has 2 aromatic heterocycles. The quantitative estimate of drug-likeness (QED) is 0.317. The van der Waals surface area contributed by atoms with Crippen LogP contribution < -0.4 is 10.5 Å². The first-order valence-corrected chi connectivity index (χ1v) is 4.83. The predicted octanol–water partition coefficient (Wildman–Crippen LogP) is 1.000. The van der Waals surface area contributed by atoms with Gasteiger partial charge >= 0.3 is 0 Å². The van der Waals surface area contributed by atoms with E-state index in [1.165, 1.54) is 6.20 Å². The van der Waals surface area contributed by atoms with E-state index >= 15 is 0 Å². The molecule has 2 heterocycles. The van der Waals surface area contributed by atoms with E-state index in [2.05, 4.69) is 20.3 Å². The van der Waals surface area contributed by atoms with Gasteiger partial charge in [-0.15, -0.1) is 5.10 Å². The van der Waals surface area contributed by atoms with Gasteiger partial charge in [-0.3, -0.25) is 5.10 Å². The molecule has 7 nitrogen and oxygen atoms in total. The van der Waals surface area contributed by atoms with Gasteiger partial charge in [0, 0.05) is 11.8 Å². The average Bonchev–Trinajstić information content (AvgIpc) is 2.75. The largest absolute Gasteiger partial charge is 0.436 e. The lowest BCUT2D eigenvalue weighted by Gasteiger charge is -2.02. The molecule has 0 saturated heterocycles. The second-order valence-corrected chi connectivity index (χ2v) is 3.36. The summed E-state index contributed by atoms with van der Waals surface area (Å²) in [6.07, 6.45) is 1.47. The Hall–Kier alpha value is -2.57. The number of nitrogens with two attached hydrogens (primary N) is 1. The van der Waals surface area contributed by atoms with E-state index in [4.69, 9.17) is 15.7 Å². The Kier molecular flexibility index (Phi) is 2.91. The third-order valence-corrected chi connectivity index (χ3v) is 2.01. The van der Waals surface area contributed by atoms with Crippen LogP contribution in [0.4, 0.5) is 0 Å². The van der Waals surface area contributed by atoms with Crippen molar-refractivity contribution in [1.29, 1.82) is 0 Å². The van der Waals surface area contributed by atoms with Crippen LogP contribution in [0.1, 0.15) is 11.4 Å². The van der Waals surface area contributed by atoms with Crippen molar-refractivity contribution in [2.24, 2.45) is 10.9 Å². The van der Waals surface area contributed by atoms with Crippen LogP contribution in [0.5, 0.6) is 11.6 Å². The summed E-state index contributed by atoms with van der Waals surface area (Å²) >= 11 is 0. The number of H-pyrrole nitrogens is 1. The molecule has 17 heavy (non-hydrogen) atoms. The summed E-state index contributed by atoms with van der Waals surface area (Å²) in [6, 6.07) is 5.01. The molecular weight excluding hydrogens is 222 g/mol. The normalized spacial score (nSPS) is 11.5. The smallest absolute Gasteiger partial charge is 0.238 e. The van der Waals surface area contributed by atoms with Crippen LogP contribution in [-0.4, -0.2) is 26.2 Å². The maximum atomic E-state index is 8.47. The van der Waals surface area contributed by atoms with Crippen LogP contribution in [0.15, 0.2) is 29.6 Å². The highest BCUT2D eigenvalue weighted by Gasteiger charge is 2.04.